The van der Waals surface area contributed by atoms with Crippen LogP contribution in [-0.4, -0.2) is 86.2 Å². The third kappa shape index (κ3) is 6.12. The van der Waals surface area contributed by atoms with Crippen molar-refractivity contribution < 1.29 is 14.3 Å². The van der Waals surface area contributed by atoms with Crippen molar-refractivity contribution in [2.75, 3.05) is 43.4 Å². The molecule has 1 aliphatic rings. The van der Waals surface area contributed by atoms with Crippen molar-refractivity contribution in [2.45, 2.75) is 25.9 Å². The molecule has 1 aliphatic heterocycles. The van der Waals surface area contributed by atoms with Gasteiger partial charge in [-0.3, -0.25) is 14.3 Å². The van der Waals surface area contributed by atoms with Crippen LogP contribution in [-0.2, 0) is 9.53 Å². The summed E-state index contributed by atoms with van der Waals surface area (Å²) in [6, 6.07) is 22.9. The molecule has 0 spiro atoms. The first-order valence-electron chi connectivity index (χ1n) is 14.5. The van der Waals surface area contributed by atoms with E-state index in [0.29, 0.717) is 38.0 Å². The van der Waals surface area contributed by atoms with Crippen LogP contribution in [0.5, 0.6) is 0 Å². The molecular weight excluding hydrogens is 544 g/mol. The van der Waals surface area contributed by atoms with E-state index in [2.05, 4.69) is 25.5 Å². The normalized spacial score (nSPS) is 16.2. The number of fused-ring (bicyclic) bond motifs is 2. The molecule has 11 nitrogen and oxygen atoms in total. The fourth-order valence-electron chi connectivity index (χ4n) is 5.60. The predicted molar refractivity (Wildman–Crippen MR) is 166 cm³/mol. The molecule has 0 unspecified atom stereocenters. The maximum atomic E-state index is 13.5. The Morgan fingerprint density at radius 1 is 1.00 bits per heavy atom. The highest BCUT2D eigenvalue weighted by atomic mass is 16.5. The van der Waals surface area contributed by atoms with E-state index in [9.17, 15) is 9.59 Å². The second kappa shape index (κ2) is 12.5. The van der Waals surface area contributed by atoms with Crippen LogP contribution in [0.4, 0.5) is 16.4 Å². The molecule has 0 bridgehead atoms. The van der Waals surface area contributed by atoms with Gasteiger partial charge in [0.2, 0.25) is 5.95 Å². The molecular formula is C32H34N8O3. The van der Waals surface area contributed by atoms with Gasteiger partial charge in [0.05, 0.1) is 29.9 Å². The number of urea groups is 1. The average Bonchev–Trinajstić information content (AvgIpc) is 3.46. The highest BCUT2D eigenvalue weighted by molar-refractivity contribution is 6.01. The minimum atomic E-state index is -0.293. The number of benzene rings is 3. The molecule has 5 aromatic rings. The van der Waals surface area contributed by atoms with Crippen molar-refractivity contribution in [3.63, 3.8) is 0 Å². The van der Waals surface area contributed by atoms with Crippen molar-refractivity contribution >= 4 is 45.4 Å². The highest BCUT2D eigenvalue weighted by Gasteiger charge is 2.35. The molecule has 2 N–H and O–H groups in total. The summed E-state index contributed by atoms with van der Waals surface area (Å²) in [7, 11) is 0. The Morgan fingerprint density at radius 3 is 2.70 bits per heavy atom. The van der Waals surface area contributed by atoms with E-state index in [1.165, 1.54) is 0 Å². The quantitative estimate of drug-likeness (QED) is 0.258. The van der Waals surface area contributed by atoms with E-state index in [1.54, 1.807) is 24.3 Å². The van der Waals surface area contributed by atoms with E-state index in [4.69, 9.17) is 9.72 Å². The molecule has 0 radical (unpaired) electrons. The number of carbonyl (C=O) groups is 2. The smallest absolute Gasteiger partial charge is 0.321 e. The number of nitrogens with zero attached hydrogens (tertiary/aromatic N) is 6. The minimum absolute atomic E-state index is 0.130. The fourth-order valence-corrected chi connectivity index (χ4v) is 5.60. The first-order valence-corrected chi connectivity index (χ1v) is 14.5. The fraction of sp³-hybridized carbons (Fsp3) is 0.281. The lowest BCUT2D eigenvalue weighted by Gasteiger charge is -2.43. The van der Waals surface area contributed by atoms with Gasteiger partial charge in [-0.2, -0.15) is 4.98 Å². The van der Waals surface area contributed by atoms with Gasteiger partial charge in [-0.15, -0.1) is 0 Å². The van der Waals surface area contributed by atoms with Crippen LogP contribution >= 0.6 is 0 Å². The lowest BCUT2D eigenvalue weighted by molar-refractivity contribution is -0.145. The number of hydrogen-bond donors (Lipinski definition) is 2. The van der Waals surface area contributed by atoms with Gasteiger partial charge in [0.25, 0.3) is 0 Å². The van der Waals surface area contributed by atoms with Gasteiger partial charge in [-0.1, -0.05) is 48.5 Å². The second-order valence-corrected chi connectivity index (χ2v) is 10.5. The number of ether oxygens (including phenoxy) is 1. The highest BCUT2D eigenvalue weighted by Crippen LogP contribution is 2.24. The van der Waals surface area contributed by atoms with Crippen LogP contribution in [0.2, 0.25) is 0 Å². The first kappa shape index (κ1) is 28.1. The molecule has 3 aromatic carbocycles. The number of anilines is 2. The van der Waals surface area contributed by atoms with E-state index in [-0.39, 0.29) is 30.6 Å². The van der Waals surface area contributed by atoms with Crippen LogP contribution in [0.3, 0.4) is 0 Å². The van der Waals surface area contributed by atoms with Crippen molar-refractivity contribution in [3.8, 4) is 5.82 Å². The Kier molecular flexibility index (Phi) is 8.14. The van der Waals surface area contributed by atoms with Crippen LogP contribution in [0.1, 0.15) is 13.8 Å². The Morgan fingerprint density at radius 2 is 1.81 bits per heavy atom. The molecule has 6 rings (SSSR count). The zero-order chi connectivity index (χ0) is 29.8. The topological polar surface area (TPSA) is 118 Å². The number of esters is 1. The SMILES string of the molecule is CCOC(=O)CN1CCN(C(=O)Nc2cccc3ccccc23)C[C@H]1[C@H](C)Nc1nccc(-n2cnc3ccccc32)n1. The van der Waals surface area contributed by atoms with Gasteiger partial charge in [0.1, 0.15) is 12.1 Å². The number of carbonyl (C=O) groups excluding carboxylic acids is 2. The standard InChI is InChI=1S/C32H34N8O3/c1-3-43-30(41)20-38-17-18-39(32(42)36-25-13-8-10-23-9-4-5-11-24(23)25)19-28(38)22(2)35-31-33-16-15-29(37-31)40-21-34-26-12-6-7-14-27(26)40/h4-16,21-22,28H,3,17-20H2,1-2H3,(H,36,42)(H,33,35,37)/t22-,28-/m0/s1. The van der Waals surface area contributed by atoms with Crippen LogP contribution < -0.4 is 10.6 Å². The lowest BCUT2D eigenvalue weighted by Crippen LogP contribution is -2.61. The van der Waals surface area contributed by atoms with E-state index < -0.39 is 0 Å². The van der Waals surface area contributed by atoms with Crippen molar-refractivity contribution in [3.05, 3.63) is 85.3 Å². The lowest BCUT2D eigenvalue weighted by atomic mass is 10.0. The summed E-state index contributed by atoms with van der Waals surface area (Å²) in [6.45, 7) is 5.63. The number of para-hydroxylation sites is 2. The van der Waals surface area contributed by atoms with Crippen molar-refractivity contribution in [1.29, 1.82) is 0 Å². The third-order valence-corrected chi connectivity index (χ3v) is 7.76. The Balaban J connectivity index is 1.21. The number of aromatic nitrogens is 4. The largest absolute Gasteiger partial charge is 0.465 e. The Labute approximate surface area is 249 Å². The number of nitrogens with one attached hydrogen (secondary N) is 2. The van der Waals surface area contributed by atoms with Gasteiger partial charge in [0.15, 0.2) is 0 Å². The molecule has 2 amide bonds. The zero-order valence-corrected chi connectivity index (χ0v) is 24.2. The molecule has 2 aromatic heterocycles. The Bertz CT molecular complexity index is 1750. The monoisotopic (exact) mass is 578 g/mol. The summed E-state index contributed by atoms with van der Waals surface area (Å²) in [4.78, 5) is 43.5. The second-order valence-electron chi connectivity index (χ2n) is 10.5. The number of rotatable bonds is 8. The van der Waals surface area contributed by atoms with E-state index in [0.717, 1.165) is 27.5 Å². The number of hydrogen-bond acceptors (Lipinski definition) is 8. The predicted octanol–water partition coefficient (Wildman–Crippen LogP) is 4.55. The van der Waals surface area contributed by atoms with Crippen molar-refractivity contribution in [1.82, 2.24) is 29.3 Å². The molecule has 3 heterocycles. The van der Waals surface area contributed by atoms with Gasteiger partial charge >= 0.3 is 12.0 Å². The maximum Gasteiger partial charge on any atom is 0.321 e. The van der Waals surface area contributed by atoms with Gasteiger partial charge < -0.3 is 20.3 Å². The summed E-state index contributed by atoms with van der Waals surface area (Å²) in [5.74, 6) is 0.830. The van der Waals surface area contributed by atoms with E-state index in [1.807, 2.05) is 84.3 Å². The first-order chi connectivity index (χ1) is 21.0. The summed E-state index contributed by atoms with van der Waals surface area (Å²) < 4.78 is 7.17. The molecule has 0 saturated carbocycles. The van der Waals surface area contributed by atoms with Crippen LogP contribution in [0.15, 0.2) is 85.3 Å². The maximum absolute atomic E-state index is 13.5. The minimum Gasteiger partial charge on any atom is -0.465 e. The summed E-state index contributed by atoms with van der Waals surface area (Å²) in [6.07, 6.45) is 3.45. The Hall–Kier alpha value is -5.03. The third-order valence-electron chi connectivity index (χ3n) is 7.76. The van der Waals surface area contributed by atoms with Crippen molar-refractivity contribution in [2.24, 2.45) is 0 Å². The molecule has 220 valence electrons. The number of amides is 2. The number of imidazole rings is 1. The molecule has 43 heavy (non-hydrogen) atoms. The van der Waals surface area contributed by atoms with Crippen LogP contribution in [0.25, 0.3) is 27.6 Å². The van der Waals surface area contributed by atoms with Gasteiger partial charge in [-0.25, -0.2) is 14.8 Å². The number of piperazine rings is 1. The summed E-state index contributed by atoms with van der Waals surface area (Å²) in [5.41, 5.74) is 2.58. The van der Waals surface area contributed by atoms with Gasteiger partial charge in [0, 0.05) is 43.3 Å². The zero-order valence-electron chi connectivity index (χ0n) is 24.2. The van der Waals surface area contributed by atoms with Crippen LogP contribution in [0, 0.1) is 0 Å². The molecule has 1 saturated heterocycles. The van der Waals surface area contributed by atoms with E-state index >= 15 is 0 Å². The van der Waals surface area contributed by atoms with Gasteiger partial charge in [-0.05, 0) is 43.5 Å². The molecule has 1 fully saturated rings. The summed E-state index contributed by atoms with van der Waals surface area (Å²) in [5, 5.41) is 8.56. The molecule has 2 atom stereocenters. The molecule has 0 aliphatic carbocycles. The summed E-state index contributed by atoms with van der Waals surface area (Å²) >= 11 is 0. The molecule has 11 heteroatoms. The average molecular weight is 579 g/mol.